The Labute approximate surface area is 125 Å². The number of amides is 1. The molecule has 1 aromatic heterocycles. The van der Waals surface area contributed by atoms with Crippen LogP contribution in [0.1, 0.15) is 34.6 Å². The Hall–Kier alpha value is -2.49. The van der Waals surface area contributed by atoms with Gasteiger partial charge in [0, 0.05) is 18.8 Å². The van der Waals surface area contributed by atoms with E-state index in [4.69, 9.17) is 0 Å². The summed E-state index contributed by atoms with van der Waals surface area (Å²) in [5.74, 6) is -0.0220. The fourth-order valence-corrected chi connectivity index (χ4v) is 2.08. The number of aromatic nitrogens is 2. The third-order valence-corrected chi connectivity index (χ3v) is 3.52. The van der Waals surface area contributed by atoms with Gasteiger partial charge in [0.15, 0.2) is 0 Å². The fourth-order valence-electron chi connectivity index (χ4n) is 2.08. The van der Waals surface area contributed by atoms with Crippen LogP contribution in [-0.2, 0) is 6.42 Å². The van der Waals surface area contributed by atoms with E-state index in [0.29, 0.717) is 5.56 Å². The summed E-state index contributed by atoms with van der Waals surface area (Å²) >= 11 is 0. The Kier molecular flexibility index (Phi) is 4.82. The smallest absolute Gasteiger partial charge is 0.254 e. The van der Waals surface area contributed by atoms with Crippen molar-refractivity contribution in [1.29, 1.82) is 0 Å². The van der Waals surface area contributed by atoms with Crippen LogP contribution in [0.25, 0.3) is 0 Å². The minimum atomic E-state index is -0.103. The SMILES string of the molecule is C=CCc1ccc(C(=O)N(C)C(C)c2ccncn2)cc1. The van der Waals surface area contributed by atoms with Gasteiger partial charge in [-0.3, -0.25) is 4.79 Å². The highest BCUT2D eigenvalue weighted by molar-refractivity contribution is 5.94. The minimum Gasteiger partial charge on any atom is -0.333 e. The lowest BCUT2D eigenvalue weighted by atomic mass is 10.1. The molecule has 0 aliphatic rings. The molecule has 108 valence electrons. The molecule has 0 aliphatic heterocycles. The molecular weight excluding hydrogens is 262 g/mol. The Morgan fingerprint density at radius 2 is 2.05 bits per heavy atom. The second-order valence-corrected chi connectivity index (χ2v) is 4.92. The molecule has 21 heavy (non-hydrogen) atoms. The van der Waals surface area contributed by atoms with Crippen LogP contribution in [0.4, 0.5) is 0 Å². The molecule has 0 N–H and O–H groups in total. The van der Waals surface area contributed by atoms with E-state index < -0.39 is 0 Å². The molecule has 1 amide bonds. The van der Waals surface area contributed by atoms with Gasteiger partial charge in [0.25, 0.3) is 5.91 Å². The molecule has 0 saturated carbocycles. The first-order valence-corrected chi connectivity index (χ1v) is 6.86. The van der Waals surface area contributed by atoms with Gasteiger partial charge in [0.2, 0.25) is 0 Å². The van der Waals surface area contributed by atoms with E-state index in [1.54, 1.807) is 18.1 Å². The second-order valence-electron chi connectivity index (χ2n) is 4.92. The van der Waals surface area contributed by atoms with E-state index in [1.807, 2.05) is 43.3 Å². The van der Waals surface area contributed by atoms with Crippen molar-refractivity contribution in [3.8, 4) is 0 Å². The lowest BCUT2D eigenvalue weighted by Crippen LogP contribution is -2.30. The molecule has 0 aliphatic carbocycles. The van der Waals surface area contributed by atoms with Crippen LogP contribution in [-0.4, -0.2) is 27.8 Å². The fraction of sp³-hybridized carbons (Fsp3) is 0.235. The van der Waals surface area contributed by atoms with E-state index in [2.05, 4.69) is 16.5 Å². The quantitative estimate of drug-likeness (QED) is 0.791. The summed E-state index contributed by atoms with van der Waals surface area (Å²) in [6, 6.07) is 9.33. The Morgan fingerprint density at radius 1 is 1.33 bits per heavy atom. The summed E-state index contributed by atoms with van der Waals surface area (Å²) in [5, 5.41) is 0. The van der Waals surface area contributed by atoms with Gasteiger partial charge >= 0.3 is 0 Å². The second kappa shape index (κ2) is 6.79. The van der Waals surface area contributed by atoms with Crippen LogP contribution in [0.2, 0.25) is 0 Å². The van der Waals surface area contributed by atoms with Gasteiger partial charge in [0.1, 0.15) is 6.33 Å². The van der Waals surface area contributed by atoms with E-state index in [1.165, 1.54) is 6.33 Å². The summed E-state index contributed by atoms with van der Waals surface area (Å²) in [7, 11) is 1.78. The predicted octanol–water partition coefficient (Wildman–Crippen LogP) is 3.04. The summed E-state index contributed by atoms with van der Waals surface area (Å²) in [5.41, 5.74) is 2.64. The van der Waals surface area contributed by atoms with Crippen LogP contribution >= 0.6 is 0 Å². The zero-order valence-electron chi connectivity index (χ0n) is 12.4. The Morgan fingerprint density at radius 3 is 2.62 bits per heavy atom. The Bertz CT molecular complexity index is 608. The molecule has 0 saturated heterocycles. The molecule has 0 spiro atoms. The molecule has 2 rings (SSSR count). The summed E-state index contributed by atoms with van der Waals surface area (Å²) in [4.78, 5) is 22.3. The minimum absolute atomic E-state index is 0.0220. The highest BCUT2D eigenvalue weighted by atomic mass is 16.2. The number of carbonyl (C=O) groups is 1. The van der Waals surface area contributed by atoms with Crippen molar-refractivity contribution in [3.05, 3.63) is 72.3 Å². The van der Waals surface area contributed by atoms with Gasteiger partial charge in [-0.2, -0.15) is 0 Å². The number of allylic oxidation sites excluding steroid dienone is 1. The lowest BCUT2D eigenvalue weighted by Gasteiger charge is -2.24. The van der Waals surface area contributed by atoms with Crippen molar-refractivity contribution in [1.82, 2.24) is 14.9 Å². The number of nitrogens with zero attached hydrogens (tertiary/aromatic N) is 3. The lowest BCUT2D eigenvalue weighted by molar-refractivity contribution is 0.0739. The average molecular weight is 281 g/mol. The van der Waals surface area contributed by atoms with Crippen molar-refractivity contribution in [2.75, 3.05) is 7.05 Å². The van der Waals surface area contributed by atoms with Crippen LogP contribution in [0.5, 0.6) is 0 Å². The molecule has 1 aromatic carbocycles. The molecule has 0 bridgehead atoms. The standard InChI is InChI=1S/C17H19N3O/c1-4-5-14-6-8-15(9-7-14)17(21)20(3)13(2)16-10-11-18-12-19-16/h4,6-13H,1,5H2,2-3H3. The molecule has 0 fully saturated rings. The topological polar surface area (TPSA) is 46.1 Å². The van der Waals surface area contributed by atoms with Gasteiger partial charge in [-0.25, -0.2) is 9.97 Å². The van der Waals surface area contributed by atoms with Crippen LogP contribution in [0, 0.1) is 0 Å². The van der Waals surface area contributed by atoms with Gasteiger partial charge < -0.3 is 4.90 Å². The zero-order chi connectivity index (χ0) is 15.2. The van der Waals surface area contributed by atoms with Crippen molar-refractivity contribution in [2.45, 2.75) is 19.4 Å². The molecule has 1 atom stereocenters. The van der Waals surface area contributed by atoms with E-state index in [-0.39, 0.29) is 11.9 Å². The largest absolute Gasteiger partial charge is 0.333 e. The van der Waals surface area contributed by atoms with Gasteiger partial charge in [-0.15, -0.1) is 6.58 Å². The monoisotopic (exact) mass is 281 g/mol. The highest BCUT2D eigenvalue weighted by Gasteiger charge is 2.19. The van der Waals surface area contributed by atoms with E-state index >= 15 is 0 Å². The summed E-state index contributed by atoms with van der Waals surface area (Å²) in [6.45, 7) is 5.66. The summed E-state index contributed by atoms with van der Waals surface area (Å²) < 4.78 is 0. The van der Waals surface area contributed by atoms with E-state index in [9.17, 15) is 4.79 Å². The van der Waals surface area contributed by atoms with Crippen molar-refractivity contribution >= 4 is 5.91 Å². The molecule has 1 heterocycles. The highest BCUT2D eigenvalue weighted by Crippen LogP contribution is 2.18. The third-order valence-electron chi connectivity index (χ3n) is 3.52. The average Bonchev–Trinajstić information content (AvgIpc) is 2.54. The number of rotatable bonds is 5. The first kappa shape index (κ1) is 14.9. The molecular formula is C17H19N3O. The van der Waals surface area contributed by atoms with Crippen LogP contribution in [0.3, 0.4) is 0 Å². The number of benzene rings is 1. The normalized spacial score (nSPS) is 11.7. The maximum absolute atomic E-state index is 12.5. The van der Waals surface area contributed by atoms with Crippen LogP contribution < -0.4 is 0 Å². The Balaban J connectivity index is 2.13. The molecule has 0 radical (unpaired) electrons. The number of hydrogen-bond donors (Lipinski definition) is 0. The number of hydrogen-bond acceptors (Lipinski definition) is 3. The maximum Gasteiger partial charge on any atom is 0.254 e. The summed E-state index contributed by atoms with van der Waals surface area (Å²) in [6.07, 6.45) is 5.83. The van der Waals surface area contributed by atoms with Gasteiger partial charge in [0.05, 0.1) is 11.7 Å². The third kappa shape index (κ3) is 3.54. The molecule has 4 heteroatoms. The van der Waals surface area contributed by atoms with Crippen molar-refractivity contribution in [3.63, 3.8) is 0 Å². The predicted molar refractivity (Wildman–Crippen MR) is 82.9 cm³/mol. The van der Waals surface area contributed by atoms with Crippen LogP contribution in [0.15, 0.2) is 55.5 Å². The molecule has 1 unspecified atom stereocenters. The van der Waals surface area contributed by atoms with Gasteiger partial charge in [-0.1, -0.05) is 18.2 Å². The first-order chi connectivity index (χ1) is 10.1. The zero-order valence-corrected chi connectivity index (χ0v) is 12.4. The number of carbonyl (C=O) groups excluding carboxylic acids is 1. The molecule has 4 nitrogen and oxygen atoms in total. The van der Waals surface area contributed by atoms with E-state index in [0.717, 1.165) is 17.7 Å². The van der Waals surface area contributed by atoms with Crippen molar-refractivity contribution in [2.24, 2.45) is 0 Å². The van der Waals surface area contributed by atoms with Crippen molar-refractivity contribution < 1.29 is 4.79 Å². The molecule has 2 aromatic rings. The first-order valence-electron chi connectivity index (χ1n) is 6.86. The maximum atomic E-state index is 12.5. The van der Waals surface area contributed by atoms with Gasteiger partial charge in [-0.05, 0) is 37.1 Å².